The maximum Gasteiger partial charge on any atom is 0.236 e. The summed E-state index contributed by atoms with van der Waals surface area (Å²) in [4.78, 5) is 17.0. The van der Waals surface area contributed by atoms with Gasteiger partial charge in [-0.25, -0.2) is 0 Å². The number of methoxy groups -OCH3 is 1. The van der Waals surface area contributed by atoms with Gasteiger partial charge in [0.15, 0.2) is 0 Å². The number of hydrogen-bond acceptors (Lipinski definition) is 4. The molecular formula is C17H28N4O2. The van der Waals surface area contributed by atoms with Crippen LogP contribution in [-0.4, -0.2) is 64.4 Å². The van der Waals surface area contributed by atoms with E-state index in [0.29, 0.717) is 19.7 Å². The van der Waals surface area contributed by atoms with Crippen LogP contribution in [0, 0.1) is 0 Å². The van der Waals surface area contributed by atoms with Crippen molar-refractivity contribution in [1.29, 1.82) is 0 Å². The first-order valence-electron chi connectivity index (χ1n) is 8.62. The van der Waals surface area contributed by atoms with Gasteiger partial charge in [-0.1, -0.05) is 19.3 Å². The van der Waals surface area contributed by atoms with Crippen molar-refractivity contribution in [1.82, 2.24) is 19.6 Å². The minimum atomic E-state index is 0.135. The molecule has 128 valence electrons. The van der Waals surface area contributed by atoms with Crippen molar-refractivity contribution in [2.75, 3.05) is 33.4 Å². The minimum Gasteiger partial charge on any atom is -0.383 e. The monoisotopic (exact) mass is 320 g/mol. The third kappa shape index (κ3) is 3.58. The molecule has 1 aliphatic carbocycles. The Morgan fingerprint density at radius 2 is 2.09 bits per heavy atom. The highest BCUT2D eigenvalue weighted by Crippen LogP contribution is 2.37. The van der Waals surface area contributed by atoms with Crippen LogP contribution in [0.3, 0.4) is 0 Å². The summed E-state index contributed by atoms with van der Waals surface area (Å²) >= 11 is 0. The van der Waals surface area contributed by atoms with Crippen molar-refractivity contribution in [3.8, 4) is 0 Å². The average Bonchev–Trinajstić information content (AvgIpc) is 2.95. The second-order valence-electron chi connectivity index (χ2n) is 6.97. The van der Waals surface area contributed by atoms with Crippen LogP contribution in [0.25, 0.3) is 0 Å². The van der Waals surface area contributed by atoms with Gasteiger partial charge >= 0.3 is 0 Å². The number of aromatic nitrogens is 2. The molecule has 3 rings (SSSR count). The zero-order valence-corrected chi connectivity index (χ0v) is 14.3. The van der Waals surface area contributed by atoms with Gasteiger partial charge in [0.1, 0.15) is 0 Å². The van der Waals surface area contributed by atoms with Gasteiger partial charge in [-0.3, -0.25) is 14.4 Å². The van der Waals surface area contributed by atoms with Gasteiger partial charge in [0.05, 0.1) is 19.3 Å². The van der Waals surface area contributed by atoms with E-state index in [2.05, 4.69) is 16.2 Å². The molecule has 0 radical (unpaired) electrons. The molecule has 1 spiro atoms. The summed E-state index contributed by atoms with van der Waals surface area (Å²) in [6.45, 7) is 3.49. The molecule has 0 N–H and O–H groups in total. The van der Waals surface area contributed by atoms with Crippen molar-refractivity contribution in [2.45, 2.75) is 44.2 Å². The van der Waals surface area contributed by atoms with E-state index in [-0.39, 0.29) is 11.4 Å². The number of ether oxygens (including phenoxy) is 1. The number of carbonyl (C=O) groups excluding carboxylic acids is 1. The van der Waals surface area contributed by atoms with E-state index in [4.69, 9.17) is 4.74 Å². The molecule has 1 aromatic rings. The Kier molecular flexibility index (Phi) is 5.02. The lowest BCUT2D eigenvalue weighted by atomic mass is 9.78. The smallest absolute Gasteiger partial charge is 0.236 e. The van der Waals surface area contributed by atoms with Crippen molar-refractivity contribution in [2.24, 2.45) is 7.05 Å². The zero-order chi connectivity index (χ0) is 16.3. The number of hydrogen-bond donors (Lipinski definition) is 0. The molecule has 0 atom stereocenters. The first-order valence-corrected chi connectivity index (χ1v) is 8.62. The SMILES string of the molecule is COCCN1CC2(CCCCC2)N(Cc2cnn(C)c2)CC1=O. The summed E-state index contributed by atoms with van der Waals surface area (Å²) in [7, 11) is 3.63. The van der Waals surface area contributed by atoms with Gasteiger partial charge in [0, 0.05) is 51.1 Å². The molecule has 1 aromatic heterocycles. The standard InChI is InChI=1S/C17H28N4O2/c1-19-11-15(10-18-19)12-21-13-16(22)20(8-9-23-2)14-17(21)6-4-3-5-7-17/h10-11H,3-9,12-14H2,1-2H3. The zero-order valence-electron chi connectivity index (χ0n) is 14.3. The van der Waals surface area contributed by atoms with Gasteiger partial charge in [-0.15, -0.1) is 0 Å². The van der Waals surface area contributed by atoms with E-state index in [1.165, 1.54) is 37.7 Å². The quantitative estimate of drug-likeness (QED) is 0.823. The molecule has 23 heavy (non-hydrogen) atoms. The van der Waals surface area contributed by atoms with Crippen LogP contribution < -0.4 is 0 Å². The average molecular weight is 320 g/mol. The van der Waals surface area contributed by atoms with Crippen molar-refractivity contribution < 1.29 is 9.53 Å². The molecule has 0 unspecified atom stereocenters. The lowest BCUT2D eigenvalue weighted by Gasteiger charge is -2.52. The van der Waals surface area contributed by atoms with E-state index in [0.717, 1.165) is 13.1 Å². The van der Waals surface area contributed by atoms with Crippen LogP contribution >= 0.6 is 0 Å². The Morgan fingerprint density at radius 3 is 2.74 bits per heavy atom. The molecule has 2 aliphatic rings. The highest BCUT2D eigenvalue weighted by atomic mass is 16.5. The molecule has 1 amide bonds. The topological polar surface area (TPSA) is 50.6 Å². The molecular weight excluding hydrogens is 292 g/mol. The number of rotatable bonds is 5. The van der Waals surface area contributed by atoms with E-state index in [1.54, 1.807) is 7.11 Å². The Balaban J connectivity index is 1.77. The number of carbonyl (C=O) groups is 1. The highest BCUT2D eigenvalue weighted by molar-refractivity contribution is 5.79. The summed E-state index contributed by atoms with van der Waals surface area (Å²) < 4.78 is 7.01. The van der Waals surface area contributed by atoms with E-state index >= 15 is 0 Å². The van der Waals surface area contributed by atoms with Gasteiger partial charge < -0.3 is 9.64 Å². The summed E-state index contributed by atoms with van der Waals surface area (Å²) in [6, 6.07) is 0. The fraction of sp³-hybridized carbons (Fsp3) is 0.765. The second-order valence-corrected chi connectivity index (χ2v) is 6.97. The van der Waals surface area contributed by atoms with Crippen molar-refractivity contribution in [3.63, 3.8) is 0 Å². The van der Waals surface area contributed by atoms with Gasteiger partial charge in [-0.05, 0) is 12.8 Å². The lowest BCUT2D eigenvalue weighted by Crippen LogP contribution is -2.64. The first-order chi connectivity index (χ1) is 11.1. The van der Waals surface area contributed by atoms with Gasteiger partial charge in [0.25, 0.3) is 0 Å². The Morgan fingerprint density at radius 1 is 1.30 bits per heavy atom. The van der Waals surface area contributed by atoms with Crippen LogP contribution in [0.4, 0.5) is 0 Å². The number of aryl methyl sites for hydroxylation is 1. The van der Waals surface area contributed by atoms with Crippen molar-refractivity contribution in [3.05, 3.63) is 18.0 Å². The third-order valence-corrected chi connectivity index (χ3v) is 5.32. The molecule has 6 heteroatoms. The summed E-state index contributed by atoms with van der Waals surface area (Å²) in [5.41, 5.74) is 1.33. The Labute approximate surface area is 138 Å². The van der Waals surface area contributed by atoms with E-state index in [9.17, 15) is 4.79 Å². The second kappa shape index (κ2) is 7.01. The Hall–Kier alpha value is -1.40. The number of nitrogens with zero attached hydrogens (tertiary/aromatic N) is 4. The van der Waals surface area contributed by atoms with E-state index in [1.807, 2.05) is 22.8 Å². The third-order valence-electron chi connectivity index (χ3n) is 5.32. The van der Waals surface area contributed by atoms with Crippen LogP contribution in [0.5, 0.6) is 0 Å². The van der Waals surface area contributed by atoms with Crippen LogP contribution in [0.1, 0.15) is 37.7 Å². The van der Waals surface area contributed by atoms with Gasteiger partial charge in [0.2, 0.25) is 5.91 Å². The maximum atomic E-state index is 12.5. The molecule has 6 nitrogen and oxygen atoms in total. The molecule has 2 heterocycles. The normalized spacial score (nSPS) is 22.0. The minimum absolute atomic E-state index is 0.135. The summed E-state index contributed by atoms with van der Waals surface area (Å²) in [5, 5.41) is 4.27. The molecule has 1 aliphatic heterocycles. The Bertz CT molecular complexity index is 536. The van der Waals surface area contributed by atoms with Crippen molar-refractivity contribution >= 4 is 5.91 Å². The largest absolute Gasteiger partial charge is 0.383 e. The fourth-order valence-electron chi connectivity index (χ4n) is 4.06. The first kappa shape index (κ1) is 16.5. The molecule has 1 saturated carbocycles. The van der Waals surface area contributed by atoms with Crippen LogP contribution in [0.15, 0.2) is 12.4 Å². The fourth-order valence-corrected chi connectivity index (χ4v) is 4.06. The number of piperazine rings is 1. The van der Waals surface area contributed by atoms with Gasteiger partial charge in [-0.2, -0.15) is 5.10 Å². The molecule has 1 saturated heterocycles. The highest BCUT2D eigenvalue weighted by Gasteiger charge is 2.44. The molecule has 2 fully saturated rings. The molecule has 0 bridgehead atoms. The predicted molar refractivity (Wildman–Crippen MR) is 87.9 cm³/mol. The maximum absolute atomic E-state index is 12.5. The van der Waals surface area contributed by atoms with E-state index < -0.39 is 0 Å². The predicted octanol–water partition coefficient (Wildman–Crippen LogP) is 1.41. The molecule has 0 aromatic carbocycles. The summed E-state index contributed by atoms with van der Waals surface area (Å²) in [6.07, 6.45) is 10.2. The lowest BCUT2D eigenvalue weighted by molar-refractivity contribution is -0.147. The van der Waals surface area contributed by atoms with Crippen LogP contribution in [-0.2, 0) is 23.1 Å². The number of amides is 1. The van der Waals surface area contributed by atoms with Crippen LogP contribution in [0.2, 0.25) is 0 Å². The summed E-state index contributed by atoms with van der Waals surface area (Å²) in [5.74, 6) is 0.224.